The summed E-state index contributed by atoms with van der Waals surface area (Å²) < 4.78 is 7.49. The normalized spacial score (nSPS) is 23.1. The number of aryl methyl sites for hydroxylation is 1. The second kappa shape index (κ2) is 4.85. The van der Waals surface area contributed by atoms with Crippen LogP contribution in [0.3, 0.4) is 0 Å². The van der Waals surface area contributed by atoms with Gasteiger partial charge in [0, 0.05) is 19.0 Å². The molecule has 1 aliphatic carbocycles. The summed E-state index contributed by atoms with van der Waals surface area (Å²) in [5, 5.41) is 0. The Kier molecular flexibility index (Phi) is 3.19. The van der Waals surface area contributed by atoms with Gasteiger partial charge in [-0.15, -0.1) is 0 Å². The first-order chi connectivity index (χ1) is 9.24. The lowest BCUT2D eigenvalue weighted by Gasteiger charge is -2.17. The van der Waals surface area contributed by atoms with Gasteiger partial charge < -0.3 is 15.0 Å². The first kappa shape index (κ1) is 12.5. The largest absolute Gasteiger partial charge is 0.497 e. The predicted octanol–water partition coefficient (Wildman–Crippen LogP) is 2.42. The number of hydrogen-bond donors (Lipinski definition) is 1. The fraction of sp³-hybridized carbons (Fsp3) is 0.533. The molecule has 1 aromatic heterocycles. The van der Waals surface area contributed by atoms with E-state index in [1.54, 1.807) is 7.11 Å². The Morgan fingerprint density at radius 1 is 1.42 bits per heavy atom. The van der Waals surface area contributed by atoms with Crippen molar-refractivity contribution in [1.29, 1.82) is 0 Å². The van der Waals surface area contributed by atoms with Crippen molar-refractivity contribution in [2.75, 3.05) is 13.7 Å². The van der Waals surface area contributed by atoms with E-state index in [9.17, 15) is 0 Å². The van der Waals surface area contributed by atoms with Crippen LogP contribution in [0.1, 0.15) is 31.0 Å². The van der Waals surface area contributed by atoms with Crippen LogP contribution in [0.2, 0.25) is 0 Å². The van der Waals surface area contributed by atoms with Crippen molar-refractivity contribution in [2.24, 2.45) is 18.7 Å². The molecule has 4 nitrogen and oxygen atoms in total. The molecule has 0 spiro atoms. The summed E-state index contributed by atoms with van der Waals surface area (Å²) in [5.41, 5.74) is 8.07. The van der Waals surface area contributed by atoms with Gasteiger partial charge in [-0.3, -0.25) is 0 Å². The van der Waals surface area contributed by atoms with E-state index in [-0.39, 0.29) is 0 Å². The smallest absolute Gasteiger partial charge is 0.121 e. The number of nitrogens with two attached hydrogens (primary N) is 1. The number of hydrogen-bond acceptors (Lipinski definition) is 3. The van der Waals surface area contributed by atoms with E-state index in [1.807, 2.05) is 12.1 Å². The van der Waals surface area contributed by atoms with Gasteiger partial charge in [0.25, 0.3) is 0 Å². The highest BCUT2D eigenvalue weighted by atomic mass is 16.5. The Hall–Kier alpha value is -1.55. The zero-order chi connectivity index (χ0) is 13.4. The molecule has 1 aromatic carbocycles. The average Bonchev–Trinajstić information content (AvgIpc) is 3.02. The van der Waals surface area contributed by atoms with Crippen molar-refractivity contribution >= 4 is 11.0 Å². The second-order valence-corrected chi connectivity index (χ2v) is 5.42. The van der Waals surface area contributed by atoms with Crippen LogP contribution in [0.5, 0.6) is 5.75 Å². The van der Waals surface area contributed by atoms with Gasteiger partial charge >= 0.3 is 0 Å². The van der Waals surface area contributed by atoms with Crippen LogP contribution in [-0.4, -0.2) is 23.2 Å². The standard InChI is InChI=1S/C15H21N3O/c1-18-14-7-6-11(19-2)8-13(14)17-15(18)12-5-3-4-10(12)9-16/h6-8,10,12H,3-5,9,16H2,1-2H3. The third kappa shape index (κ3) is 2.00. The fourth-order valence-electron chi connectivity index (χ4n) is 3.32. The molecule has 0 aliphatic heterocycles. The summed E-state index contributed by atoms with van der Waals surface area (Å²) >= 11 is 0. The van der Waals surface area contributed by atoms with Gasteiger partial charge in [-0.2, -0.15) is 0 Å². The van der Waals surface area contributed by atoms with Gasteiger partial charge in [-0.1, -0.05) is 6.42 Å². The molecule has 1 saturated carbocycles. The Labute approximate surface area is 113 Å². The van der Waals surface area contributed by atoms with E-state index in [0.29, 0.717) is 11.8 Å². The molecular weight excluding hydrogens is 238 g/mol. The number of fused-ring (bicyclic) bond motifs is 1. The Morgan fingerprint density at radius 2 is 2.26 bits per heavy atom. The van der Waals surface area contributed by atoms with Crippen LogP contribution in [0.4, 0.5) is 0 Å². The quantitative estimate of drug-likeness (QED) is 0.921. The zero-order valence-corrected chi connectivity index (χ0v) is 11.6. The highest BCUT2D eigenvalue weighted by Crippen LogP contribution is 2.39. The van der Waals surface area contributed by atoms with E-state index >= 15 is 0 Å². The third-order valence-electron chi connectivity index (χ3n) is 4.42. The minimum atomic E-state index is 0.508. The fourth-order valence-corrected chi connectivity index (χ4v) is 3.32. The molecule has 0 amide bonds. The summed E-state index contributed by atoms with van der Waals surface area (Å²) in [7, 11) is 3.79. The predicted molar refractivity (Wildman–Crippen MR) is 76.4 cm³/mol. The number of imidazole rings is 1. The molecule has 1 heterocycles. The lowest BCUT2D eigenvalue weighted by molar-refractivity contribution is 0.415. The third-order valence-corrected chi connectivity index (χ3v) is 4.42. The number of rotatable bonds is 3. The lowest BCUT2D eigenvalue weighted by atomic mass is 9.95. The molecule has 2 N–H and O–H groups in total. The molecule has 1 aliphatic rings. The summed E-state index contributed by atoms with van der Waals surface area (Å²) in [6.07, 6.45) is 3.70. The zero-order valence-electron chi connectivity index (χ0n) is 11.6. The number of aromatic nitrogens is 2. The van der Waals surface area contributed by atoms with E-state index < -0.39 is 0 Å². The molecular formula is C15H21N3O. The maximum atomic E-state index is 5.89. The van der Waals surface area contributed by atoms with E-state index in [4.69, 9.17) is 15.5 Å². The van der Waals surface area contributed by atoms with Crippen LogP contribution < -0.4 is 10.5 Å². The molecule has 102 valence electrons. The molecule has 4 heteroatoms. The molecule has 2 unspecified atom stereocenters. The number of ether oxygens (including phenoxy) is 1. The number of methoxy groups -OCH3 is 1. The highest BCUT2D eigenvalue weighted by molar-refractivity contribution is 5.77. The molecule has 2 atom stereocenters. The van der Waals surface area contributed by atoms with E-state index in [0.717, 1.165) is 17.8 Å². The van der Waals surface area contributed by atoms with Crippen LogP contribution in [0, 0.1) is 5.92 Å². The summed E-state index contributed by atoms with van der Waals surface area (Å²) in [5.74, 6) is 3.13. The van der Waals surface area contributed by atoms with Gasteiger partial charge in [0.2, 0.25) is 0 Å². The van der Waals surface area contributed by atoms with E-state index in [2.05, 4.69) is 17.7 Å². The van der Waals surface area contributed by atoms with Crippen molar-refractivity contribution in [3.8, 4) is 5.75 Å². The Bertz CT molecular complexity index is 590. The molecule has 19 heavy (non-hydrogen) atoms. The molecule has 3 rings (SSSR count). The van der Waals surface area contributed by atoms with Gasteiger partial charge in [-0.05, 0) is 37.4 Å². The first-order valence-corrected chi connectivity index (χ1v) is 6.95. The SMILES string of the molecule is COc1ccc2c(c1)nc(C1CCCC1CN)n2C. The van der Waals surface area contributed by atoms with Crippen molar-refractivity contribution in [2.45, 2.75) is 25.2 Å². The van der Waals surface area contributed by atoms with Gasteiger partial charge in [0.1, 0.15) is 11.6 Å². The molecule has 2 aromatic rings. The van der Waals surface area contributed by atoms with Crippen LogP contribution >= 0.6 is 0 Å². The minimum Gasteiger partial charge on any atom is -0.497 e. The molecule has 0 bridgehead atoms. The molecule has 0 radical (unpaired) electrons. The molecule has 0 saturated heterocycles. The first-order valence-electron chi connectivity index (χ1n) is 6.95. The van der Waals surface area contributed by atoms with Crippen molar-refractivity contribution in [3.05, 3.63) is 24.0 Å². The maximum absolute atomic E-state index is 5.89. The minimum absolute atomic E-state index is 0.508. The topological polar surface area (TPSA) is 53.1 Å². The van der Waals surface area contributed by atoms with Gasteiger partial charge in [0.15, 0.2) is 0 Å². The van der Waals surface area contributed by atoms with Gasteiger partial charge in [0.05, 0.1) is 18.1 Å². The Balaban J connectivity index is 2.06. The number of benzene rings is 1. The second-order valence-electron chi connectivity index (χ2n) is 5.42. The maximum Gasteiger partial charge on any atom is 0.121 e. The van der Waals surface area contributed by atoms with Crippen LogP contribution in [0.25, 0.3) is 11.0 Å². The Morgan fingerprint density at radius 3 is 3.00 bits per heavy atom. The summed E-state index contributed by atoms with van der Waals surface area (Å²) in [6, 6.07) is 6.07. The summed E-state index contributed by atoms with van der Waals surface area (Å²) in [6.45, 7) is 0.761. The highest BCUT2D eigenvalue weighted by Gasteiger charge is 2.31. The van der Waals surface area contributed by atoms with Crippen molar-refractivity contribution in [1.82, 2.24) is 9.55 Å². The van der Waals surface area contributed by atoms with E-state index in [1.165, 1.54) is 30.6 Å². The van der Waals surface area contributed by atoms with Crippen molar-refractivity contribution < 1.29 is 4.74 Å². The number of nitrogens with zero attached hydrogens (tertiary/aromatic N) is 2. The van der Waals surface area contributed by atoms with Crippen LogP contribution in [0.15, 0.2) is 18.2 Å². The van der Waals surface area contributed by atoms with Crippen LogP contribution in [-0.2, 0) is 7.05 Å². The van der Waals surface area contributed by atoms with Gasteiger partial charge in [-0.25, -0.2) is 4.98 Å². The summed E-state index contributed by atoms with van der Waals surface area (Å²) in [4.78, 5) is 4.83. The average molecular weight is 259 g/mol. The lowest BCUT2D eigenvalue weighted by Crippen LogP contribution is -2.19. The van der Waals surface area contributed by atoms with Crippen molar-refractivity contribution in [3.63, 3.8) is 0 Å². The molecule has 1 fully saturated rings. The monoisotopic (exact) mass is 259 g/mol.